The van der Waals surface area contributed by atoms with Crippen LogP contribution in [0.1, 0.15) is 37.3 Å². The fourth-order valence-electron chi connectivity index (χ4n) is 2.62. The van der Waals surface area contributed by atoms with Gasteiger partial charge >= 0.3 is 5.97 Å². The van der Waals surface area contributed by atoms with Crippen molar-refractivity contribution in [1.82, 2.24) is 5.32 Å². The van der Waals surface area contributed by atoms with Crippen LogP contribution in [0.3, 0.4) is 0 Å². The van der Waals surface area contributed by atoms with Gasteiger partial charge in [-0.2, -0.15) is 0 Å². The molecule has 0 spiro atoms. The lowest BCUT2D eigenvalue weighted by Crippen LogP contribution is -2.32. The summed E-state index contributed by atoms with van der Waals surface area (Å²) in [6.07, 6.45) is 1.62. The zero-order valence-electron chi connectivity index (χ0n) is 12.6. The summed E-state index contributed by atoms with van der Waals surface area (Å²) in [4.78, 5) is 23.2. The van der Waals surface area contributed by atoms with Gasteiger partial charge in [0.05, 0.1) is 17.5 Å². The van der Waals surface area contributed by atoms with Crippen LogP contribution < -0.4 is 5.32 Å². The minimum absolute atomic E-state index is 0.0450. The molecule has 1 fully saturated rings. The molecule has 2 rings (SSSR count). The topological polar surface area (TPSA) is 75.6 Å². The number of hydrogen-bond donors (Lipinski definition) is 2. The van der Waals surface area contributed by atoms with Crippen LogP contribution in [0.25, 0.3) is 0 Å². The average Bonchev–Trinajstić information content (AvgIpc) is 2.50. The highest BCUT2D eigenvalue weighted by Gasteiger charge is 2.22. The van der Waals surface area contributed by atoms with Crippen molar-refractivity contribution >= 4 is 23.5 Å². The van der Waals surface area contributed by atoms with Crippen LogP contribution in [-0.2, 0) is 14.3 Å². The van der Waals surface area contributed by atoms with Crippen molar-refractivity contribution in [1.29, 1.82) is 0 Å². The zero-order chi connectivity index (χ0) is 16.8. The van der Waals surface area contributed by atoms with Crippen LogP contribution in [0.15, 0.2) is 18.2 Å². The van der Waals surface area contributed by atoms with E-state index < -0.39 is 17.8 Å². The number of benzene rings is 1. The lowest BCUT2D eigenvalue weighted by Gasteiger charge is -2.23. The van der Waals surface area contributed by atoms with Crippen molar-refractivity contribution in [2.24, 2.45) is 5.92 Å². The summed E-state index contributed by atoms with van der Waals surface area (Å²) in [5.41, 5.74) is 0.384. The van der Waals surface area contributed by atoms with Gasteiger partial charge in [-0.1, -0.05) is 17.7 Å². The number of aliphatic carboxylic acids is 1. The fourth-order valence-corrected chi connectivity index (χ4v) is 2.74. The number of rotatable bonds is 6. The van der Waals surface area contributed by atoms with Crippen LogP contribution >= 0.6 is 11.6 Å². The Hall–Kier alpha value is -1.66. The molecule has 126 valence electrons. The Morgan fingerprint density at radius 2 is 2.09 bits per heavy atom. The number of nitrogens with one attached hydrogen (secondary N) is 1. The summed E-state index contributed by atoms with van der Waals surface area (Å²) >= 11 is 5.64. The molecule has 1 amide bonds. The highest BCUT2D eigenvalue weighted by Crippen LogP contribution is 2.24. The van der Waals surface area contributed by atoms with E-state index in [1.165, 1.54) is 12.1 Å². The first-order valence-electron chi connectivity index (χ1n) is 7.49. The molecule has 0 saturated carbocycles. The van der Waals surface area contributed by atoms with Gasteiger partial charge in [-0.05, 0) is 36.5 Å². The lowest BCUT2D eigenvalue weighted by molar-refractivity contribution is -0.137. The van der Waals surface area contributed by atoms with Crippen LogP contribution in [0, 0.1) is 11.7 Å². The highest BCUT2D eigenvalue weighted by atomic mass is 35.5. The summed E-state index contributed by atoms with van der Waals surface area (Å²) in [5.74, 6) is -1.72. The van der Waals surface area contributed by atoms with E-state index in [0.29, 0.717) is 25.2 Å². The summed E-state index contributed by atoms with van der Waals surface area (Å²) in [7, 11) is 0. The Morgan fingerprint density at radius 1 is 1.39 bits per heavy atom. The SMILES string of the molecule is O=C(O)CC(NC(=O)CC1CCOCC1)c1ccc(Cl)c(F)c1. The molecule has 7 heteroatoms. The van der Waals surface area contributed by atoms with Gasteiger partial charge in [-0.3, -0.25) is 9.59 Å². The van der Waals surface area contributed by atoms with E-state index in [9.17, 15) is 14.0 Å². The smallest absolute Gasteiger partial charge is 0.305 e. The van der Waals surface area contributed by atoms with E-state index in [2.05, 4.69) is 5.32 Å². The van der Waals surface area contributed by atoms with E-state index in [4.69, 9.17) is 21.4 Å². The van der Waals surface area contributed by atoms with E-state index in [0.717, 1.165) is 18.9 Å². The quantitative estimate of drug-likeness (QED) is 0.832. The molecule has 1 saturated heterocycles. The lowest BCUT2D eigenvalue weighted by atomic mass is 9.95. The molecule has 1 aromatic carbocycles. The average molecular weight is 344 g/mol. The predicted molar refractivity (Wildman–Crippen MR) is 82.7 cm³/mol. The summed E-state index contributed by atoms with van der Waals surface area (Å²) in [6.45, 7) is 1.28. The van der Waals surface area contributed by atoms with Crippen LogP contribution in [0.2, 0.25) is 5.02 Å². The summed E-state index contributed by atoms with van der Waals surface area (Å²) < 4.78 is 18.8. The molecule has 1 aliphatic heterocycles. The first kappa shape index (κ1) is 17.7. The van der Waals surface area contributed by atoms with Crippen molar-refractivity contribution < 1.29 is 23.8 Å². The van der Waals surface area contributed by atoms with Crippen molar-refractivity contribution in [2.45, 2.75) is 31.7 Å². The van der Waals surface area contributed by atoms with E-state index in [1.807, 2.05) is 0 Å². The van der Waals surface area contributed by atoms with Crippen molar-refractivity contribution in [3.8, 4) is 0 Å². The Balaban J connectivity index is 2.03. The first-order chi connectivity index (χ1) is 11.0. The van der Waals surface area contributed by atoms with Gasteiger partial charge in [-0.15, -0.1) is 0 Å². The molecule has 1 aromatic rings. The van der Waals surface area contributed by atoms with Crippen molar-refractivity contribution in [3.63, 3.8) is 0 Å². The van der Waals surface area contributed by atoms with Gasteiger partial charge in [0.1, 0.15) is 5.82 Å². The van der Waals surface area contributed by atoms with Crippen LogP contribution in [0.5, 0.6) is 0 Å². The third-order valence-corrected chi connectivity index (χ3v) is 4.18. The minimum Gasteiger partial charge on any atom is -0.481 e. The van der Waals surface area contributed by atoms with E-state index >= 15 is 0 Å². The number of hydrogen-bond acceptors (Lipinski definition) is 3. The molecule has 0 bridgehead atoms. The second-order valence-electron chi connectivity index (χ2n) is 5.65. The van der Waals surface area contributed by atoms with Gasteiger partial charge in [0.25, 0.3) is 0 Å². The number of carbonyl (C=O) groups excluding carboxylic acids is 1. The molecule has 1 atom stereocenters. The largest absolute Gasteiger partial charge is 0.481 e. The maximum Gasteiger partial charge on any atom is 0.305 e. The number of carboxylic acid groups (broad SMARTS) is 1. The fraction of sp³-hybridized carbons (Fsp3) is 0.500. The molecule has 0 radical (unpaired) electrons. The Morgan fingerprint density at radius 3 is 2.70 bits per heavy atom. The Kier molecular flexibility index (Phi) is 6.36. The van der Waals surface area contributed by atoms with E-state index in [-0.39, 0.29) is 23.3 Å². The monoisotopic (exact) mass is 343 g/mol. The van der Waals surface area contributed by atoms with Gasteiger partial charge in [0.2, 0.25) is 5.91 Å². The molecular weight excluding hydrogens is 325 g/mol. The summed E-state index contributed by atoms with van der Waals surface area (Å²) in [5, 5.41) is 11.7. The number of halogens is 2. The van der Waals surface area contributed by atoms with Gasteiger partial charge < -0.3 is 15.2 Å². The Bertz CT molecular complexity index is 575. The van der Waals surface area contributed by atoms with E-state index in [1.54, 1.807) is 0 Å². The van der Waals surface area contributed by atoms with Gasteiger partial charge in [-0.25, -0.2) is 4.39 Å². The molecule has 2 N–H and O–H groups in total. The number of ether oxygens (including phenoxy) is 1. The Labute approximate surface area is 138 Å². The second-order valence-corrected chi connectivity index (χ2v) is 6.06. The molecule has 1 unspecified atom stereocenters. The second kappa shape index (κ2) is 8.26. The maximum absolute atomic E-state index is 13.6. The standard InChI is InChI=1S/C16H19ClFNO4/c17-12-2-1-11(8-13(12)18)14(9-16(21)22)19-15(20)7-10-3-5-23-6-4-10/h1-2,8,10,14H,3-7,9H2,(H,19,20)(H,21,22). The molecule has 23 heavy (non-hydrogen) atoms. The van der Waals surface area contributed by atoms with Crippen LogP contribution in [-0.4, -0.2) is 30.2 Å². The zero-order valence-corrected chi connectivity index (χ0v) is 13.3. The molecule has 0 aliphatic carbocycles. The van der Waals surface area contributed by atoms with Gasteiger partial charge in [0.15, 0.2) is 0 Å². The minimum atomic E-state index is -1.07. The predicted octanol–water partition coefficient (Wildman–Crippen LogP) is 2.93. The molecular formula is C16H19ClFNO4. The summed E-state index contributed by atoms with van der Waals surface area (Å²) in [6, 6.07) is 3.25. The van der Waals surface area contributed by atoms with Crippen molar-refractivity contribution in [3.05, 3.63) is 34.6 Å². The van der Waals surface area contributed by atoms with Crippen molar-refractivity contribution in [2.75, 3.05) is 13.2 Å². The molecule has 1 aliphatic rings. The maximum atomic E-state index is 13.6. The molecule has 1 heterocycles. The molecule has 5 nitrogen and oxygen atoms in total. The third kappa shape index (κ3) is 5.48. The third-order valence-electron chi connectivity index (χ3n) is 3.87. The first-order valence-corrected chi connectivity index (χ1v) is 7.87. The highest BCUT2D eigenvalue weighted by molar-refractivity contribution is 6.30. The number of carbonyl (C=O) groups is 2. The number of carboxylic acids is 1. The molecule has 0 aromatic heterocycles. The normalized spacial score (nSPS) is 16.8. The van der Waals surface area contributed by atoms with Crippen LogP contribution in [0.4, 0.5) is 4.39 Å². The van der Waals surface area contributed by atoms with Gasteiger partial charge in [0, 0.05) is 19.6 Å². The number of amides is 1.